The van der Waals surface area contributed by atoms with E-state index in [9.17, 15) is 12.8 Å². The number of hydrogen-bond acceptors (Lipinski definition) is 4. The van der Waals surface area contributed by atoms with E-state index in [4.69, 9.17) is 4.74 Å². The zero-order chi connectivity index (χ0) is 17.2. The molecular formula is C17H25FN2O3S. The Labute approximate surface area is 143 Å². The number of ether oxygens (including phenoxy) is 1. The maximum Gasteiger partial charge on any atom is 0.211 e. The topological polar surface area (TPSA) is 58.6 Å². The van der Waals surface area contributed by atoms with Crippen molar-refractivity contribution in [2.45, 2.75) is 31.9 Å². The van der Waals surface area contributed by atoms with Crippen molar-refractivity contribution in [2.75, 3.05) is 32.0 Å². The lowest BCUT2D eigenvalue weighted by molar-refractivity contribution is -0.181. The van der Waals surface area contributed by atoms with Crippen molar-refractivity contribution in [1.29, 1.82) is 0 Å². The van der Waals surface area contributed by atoms with Gasteiger partial charge in [0.1, 0.15) is 5.82 Å². The summed E-state index contributed by atoms with van der Waals surface area (Å²) in [6, 6.07) is 6.86. The second kappa shape index (κ2) is 7.07. The molecule has 7 heteroatoms. The van der Waals surface area contributed by atoms with Gasteiger partial charge in [-0.2, -0.15) is 0 Å². The summed E-state index contributed by atoms with van der Waals surface area (Å²) in [7, 11) is -3.14. The zero-order valence-electron chi connectivity index (χ0n) is 14.0. The summed E-state index contributed by atoms with van der Waals surface area (Å²) < 4.78 is 45.3. The van der Waals surface area contributed by atoms with E-state index in [1.807, 2.05) is 12.1 Å². The average Bonchev–Trinajstić information content (AvgIpc) is 2.55. The van der Waals surface area contributed by atoms with E-state index < -0.39 is 10.0 Å². The average molecular weight is 356 g/mol. The van der Waals surface area contributed by atoms with Crippen LogP contribution < -0.4 is 4.72 Å². The molecular weight excluding hydrogens is 331 g/mol. The summed E-state index contributed by atoms with van der Waals surface area (Å²) >= 11 is 0. The number of rotatable bonds is 6. The van der Waals surface area contributed by atoms with Gasteiger partial charge in [-0.3, -0.25) is 4.90 Å². The van der Waals surface area contributed by atoms with Crippen LogP contribution in [-0.4, -0.2) is 50.9 Å². The lowest BCUT2D eigenvalue weighted by Crippen LogP contribution is -2.64. The van der Waals surface area contributed by atoms with Crippen LogP contribution in [0.2, 0.25) is 0 Å². The van der Waals surface area contributed by atoms with Crippen molar-refractivity contribution in [3.8, 4) is 0 Å². The van der Waals surface area contributed by atoms with Gasteiger partial charge in [0.15, 0.2) is 0 Å². The third-order valence-electron chi connectivity index (χ3n) is 4.98. The predicted octanol–water partition coefficient (Wildman–Crippen LogP) is 1.75. The molecule has 0 unspecified atom stereocenters. The molecule has 2 saturated heterocycles. The van der Waals surface area contributed by atoms with Gasteiger partial charge in [0.2, 0.25) is 10.0 Å². The lowest BCUT2D eigenvalue weighted by Gasteiger charge is -2.53. The van der Waals surface area contributed by atoms with E-state index in [2.05, 4.69) is 9.62 Å². The number of halogens is 1. The van der Waals surface area contributed by atoms with Gasteiger partial charge < -0.3 is 4.74 Å². The first-order valence-corrected chi connectivity index (χ1v) is 10.1. The Hall–Kier alpha value is -1.02. The summed E-state index contributed by atoms with van der Waals surface area (Å²) in [5.41, 5.74) is 0.598. The molecule has 1 N–H and O–H groups in total. The molecule has 134 valence electrons. The minimum absolute atomic E-state index is 0.107. The molecule has 24 heavy (non-hydrogen) atoms. The van der Waals surface area contributed by atoms with Crippen LogP contribution in [0.15, 0.2) is 24.3 Å². The molecule has 2 heterocycles. The van der Waals surface area contributed by atoms with Crippen molar-refractivity contribution < 1.29 is 17.5 Å². The Bertz CT molecular complexity index is 664. The van der Waals surface area contributed by atoms with Gasteiger partial charge in [-0.25, -0.2) is 17.5 Å². The summed E-state index contributed by atoms with van der Waals surface area (Å²) in [4.78, 5) is 2.19. The summed E-state index contributed by atoms with van der Waals surface area (Å²) in [5, 5.41) is 0. The van der Waals surface area contributed by atoms with Crippen LogP contribution in [0.4, 0.5) is 4.39 Å². The van der Waals surface area contributed by atoms with E-state index in [0.29, 0.717) is 19.7 Å². The monoisotopic (exact) mass is 356 g/mol. The van der Waals surface area contributed by atoms with E-state index in [0.717, 1.165) is 31.5 Å². The fourth-order valence-electron chi connectivity index (χ4n) is 3.42. The third kappa shape index (κ3) is 4.14. The second-order valence-corrected chi connectivity index (χ2v) is 8.98. The smallest absolute Gasteiger partial charge is 0.211 e. The van der Waals surface area contributed by atoms with Gasteiger partial charge in [0.05, 0.1) is 18.0 Å². The molecule has 3 rings (SSSR count). The first-order valence-electron chi connectivity index (χ1n) is 8.48. The number of nitrogens with zero attached hydrogens (tertiary/aromatic N) is 1. The zero-order valence-corrected chi connectivity index (χ0v) is 14.8. The molecule has 1 aromatic carbocycles. The van der Waals surface area contributed by atoms with Crippen LogP contribution in [0.3, 0.4) is 0 Å². The van der Waals surface area contributed by atoms with Crippen LogP contribution in [0.5, 0.6) is 0 Å². The van der Waals surface area contributed by atoms with Crippen molar-refractivity contribution in [2.24, 2.45) is 5.92 Å². The van der Waals surface area contributed by atoms with Gasteiger partial charge in [-0.15, -0.1) is 0 Å². The highest BCUT2D eigenvalue weighted by Gasteiger charge is 2.46. The highest BCUT2D eigenvalue weighted by molar-refractivity contribution is 7.89. The van der Waals surface area contributed by atoms with Gasteiger partial charge in [0.25, 0.3) is 0 Å². The number of hydrogen-bond donors (Lipinski definition) is 1. The number of benzene rings is 1. The summed E-state index contributed by atoms with van der Waals surface area (Å²) in [6.45, 7) is 4.90. The normalized spacial score (nSPS) is 24.0. The molecule has 0 amide bonds. The van der Waals surface area contributed by atoms with Crippen molar-refractivity contribution in [3.05, 3.63) is 35.6 Å². The van der Waals surface area contributed by atoms with E-state index in [-0.39, 0.29) is 23.1 Å². The predicted molar refractivity (Wildman–Crippen MR) is 90.5 cm³/mol. The minimum Gasteiger partial charge on any atom is -0.372 e. The standard InChI is InChI=1S/C17H25FN2O3S/c1-2-24(21,22)19-9-14-7-8-17(23-11-14)12-20(13-17)10-15-5-3-4-6-16(15)18/h3-6,14,19H,2,7-13H2,1H3/t14-/m1/s1. The third-order valence-corrected chi connectivity index (χ3v) is 6.35. The maximum absolute atomic E-state index is 13.7. The van der Waals surface area contributed by atoms with E-state index in [1.165, 1.54) is 6.07 Å². The Kier molecular flexibility index (Phi) is 5.24. The SMILES string of the molecule is CCS(=O)(=O)NC[C@H]1CCC2(CN(Cc3ccccc3F)C2)OC1. The van der Waals surface area contributed by atoms with Crippen molar-refractivity contribution in [1.82, 2.24) is 9.62 Å². The molecule has 0 bridgehead atoms. The summed E-state index contributed by atoms with van der Waals surface area (Å²) in [6.07, 6.45) is 1.89. The molecule has 0 aromatic heterocycles. The summed E-state index contributed by atoms with van der Waals surface area (Å²) in [5.74, 6) is 0.180. The van der Waals surface area contributed by atoms with Crippen molar-refractivity contribution in [3.63, 3.8) is 0 Å². The Morgan fingerprint density at radius 2 is 2.12 bits per heavy atom. The van der Waals surface area contributed by atoms with Gasteiger partial charge in [-0.05, 0) is 31.7 Å². The molecule has 1 aromatic rings. The molecule has 0 radical (unpaired) electrons. The Morgan fingerprint density at radius 3 is 2.75 bits per heavy atom. The van der Waals surface area contributed by atoms with Crippen LogP contribution in [0, 0.1) is 11.7 Å². The van der Waals surface area contributed by atoms with E-state index in [1.54, 1.807) is 13.0 Å². The number of likely N-dealkylation sites (tertiary alicyclic amines) is 1. The quantitative estimate of drug-likeness (QED) is 0.844. The molecule has 2 fully saturated rings. The molecule has 2 aliphatic rings. The Morgan fingerprint density at radius 1 is 1.38 bits per heavy atom. The van der Waals surface area contributed by atoms with E-state index >= 15 is 0 Å². The minimum atomic E-state index is -3.14. The van der Waals surface area contributed by atoms with Gasteiger partial charge in [-0.1, -0.05) is 18.2 Å². The fourth-order valence-corrected chi connectivity index (χ4v) is 4.12. The first-order chi connectivity index (χ1) is 11.4. The number of nitrogens with one attached hydrogen (secondary N) is 1. The van der Waals surface area contributed by atoms with Crippen LogP contribution in [0.25, 0.3) is 0 Å². The first kappa shape index (κ1) is 17.8. The van der Waals surface area contributed by atoms with Crippen LogP contribution >= 0.6 is 0 Å². The molecule has 5 nitrogen and oxygen atoms in total. The van der Waals surface area contributed by atoms with Crippen LogP contribution in [-0.2, 0) is 21.3 Å². The highest BCUT2D eigenvalue weighted by Crippen LogP contribution is 2.36. The molecule has 0 aliphatic carbocycles. The Balaban J connectivity index is 1.43. The highest BCUT2D eigenvalue weighted by atomic mass is 32.2. The van der Waals surface area contributed by atoms with Gasteiger partial charge in [0, 0.05) is 31.7 Å². The molecule has 0 saturated carbocycles. The molecule has 1 spiro atoms. The van der Waals surface area contributed by atoms with Gasteiger partial charge >= 0.3 is 0 Å². The lowest BCUT2D eigenvalue weighted by atomic mass is 9.83. The maximum atomic E-state index is 13.7. The largest absolute Gasteiger partial charge is 0.372 e. The molecule has 1 atom stereocenters. The number of sulfonamides is 1. The molecule has 2 aliphatic heterocycles. The van der Waals surface area contributed by atoms with Crippen LogP contribution in [0.1, 0.15) is 25.3 Å². The second-order valence-electron chi connectivity index (χ2n) is 6.89. The fraction of sp³-hybridized carbons (Fsp3) is 0.647. The van der Waals surface area contributed by atoms with Crippen molar-refractivity contribution >= 4 is 10.0 Å².